The van der Waals surface area contributed by atoms with Crippen LogP contribution in [0.3, 0.4) is 0 Å². The third-order valence-corrected chi connectivity index (χ3v) is 4.10. The lowest BCUT2D eigenvalue weighted by Crippen LogP contribution is -2.13. The fourth-order valence-corrected chi connectivity index (χ4v) is 2.72. The van der Waals surface area contributed by atoms with E-state index < -0.39 is 12.2 Å². The minimum Gasteiger partial charge on any atom is -0.464 e. The molecule has 2 heterocycles. The maximum absolute atomic E-state index is 12.5. The van der Waals surface area contributed by atoms with Gasteiger partial charge in [0.2, 0.25) is 0 Å². The van der Waals surface area contributed by atoms with Gasteiger partial charge in [-0.25, -0.2) is 0 Å². The Balaban J connectivity index is 1.64. The van der Waals surface area contributed by atoms with Gasteiger partial charge in [-0.1, -0.05) is 42.0 Å². The number of carbonyl (C=O) groups excluding carboxylic acids is 1. The number of rotatable bonds is 3. The Hall–Kier alpha value is -2.72. The van der Waals surface area contributed by atoms with Crippen molar-refractivity contribution in [3.63, 3.8) is 0 Å². The van der Waals surface area contributed by atoms with E-state index in [0.717, 1.165) is 5.56 Å². The van der Waals surface area contributed by atoms with E-state index in [4.69, 9.17) is 9.15 Å². The van der Waals surface area contributed by atoms with E-state index in [1.165, 1.54) is 6.26 Å². The van der Waals surface area contributed by atoms with E-state index in [2.05, 4.69) is 0 Å². The predicted molar refractivity (Wildman–Crippen MR) is 85.6 cm³/mol. The van der Waals surface area contributed by atoms with Gasteiger partial charge in [0.15, 0.2) is 17.3 Å². The molecule has 2 atom stereocenters. The van der Waals surface area contributed by atoms with Crippen LogP contribution in [0.5, 0.6) is 0 Å². The fraction of sp³-hybridized carbons (Fsp3) is 0.158. The van der Waals surface area contributed by atoms with Crippen LogP contribution in [0.1, 0.15) is 27.6 Å². The quantitative estimate of drug-likeness (QED) is 0.549. The van der Waals surface area contributed by atoms with Crippen molar-refractivity contribution in [2.75, 3.05) is 0 Å². The van der Waals surface area contributed by atoms with Gasteiger partial charge in [0, 0.05) is 5.56 Å². The van der Waals surface area contributed by atoms with E-state index in [-0.39, 0.29) is 11.2 Å². The molecule has 1 aliphatic rings. The van der Waals surface area contributed by atoms with Crippen LogP contribution in [0.2, 0.25) is 0 Å². The second-order valence-electron chi connectivity index (χ2n) is 5.72. The first kappa shape index (κ1) is 13.9. The lowest BCUT2D eigenvalue weighted by atomic mass is 10.0. The summed E-state index contributed by atoms with van der Waals surface area (Å²) >= 11 is 0. The van der Waals surface area contributed by atoms with Gasteiger partial charge in [0.1, 0.15) is 18.0 Å². The van der Waals surface area contributed by atoms with E-state index in [9.17, 15) is 9.59 Å². The Morgan fingerprint density at radius 1 is 1.04 bits per heavy atom. The summed E-state index contributed by atoms with van der Waals surface area (Å²) < 4.78 is 11.0. The molecule has 0 amide bonds. The highest BCUT2D eigenvalue weighted by Gasteiger charge is 2.48. The van der Waals surface area contributed by atoms with Crippen molar-refractivity contribution < 1.29 is 13.9 Å². The Morgan fingerprint density at radius 2 is 1.78 bits per heavy atom. The van der Waals surface area contributed by atoms with Gasteiger partial charge in [-0.05, 0) is 19.1 Å². The number of fused-ring (bicyclic) bond motifs is 1. The summed E-state index contributed by atoms with van der Waals surface area (Å²) in [6, 6.07) is 14.4. The zero-order valence-corrected chi connectivity index (χ0v) is 12.5. The SMILES string of the molecule is Cc1ccc(C(=O)[C@@H]2O[C@@H]2c2coc3ccccc3c2=O)cc1. The summed E-state index contributed by atoms with van der Waals surface area (Å²) in [4.78, 5) is 24.9. The summed E-state index contributed by atoms with van der Waals surface area (Å²) in [6.45, 7) is 1.96. The van der Waals surface area contributed by atoms with Crippen LogP contribution in [0, 0.1) is 6.92 Å². The molecule has 114 valence electrons. The van der Waals surface area contributed by atoms with Crippen LogP contribution in [-0.2, 0) is 4.74 Å². The van der Waals surface area contributed by atoms with Gasteiger partial charge in [0.25, 0.3) is 0 Å². The number of benzene rings is 2. The number of aryl methyl sites for hydroxylation is 1. The van der Waals surface area contributed by atoms with Crippen molar-refractivity contribution in [3.8, 4) is 0 Å². The molecular weight excluding hydrogens is 292 g/mol. The van der Waals surface area contributed by atoms with E-state index in [1.807, 2.05) is 25.1 Å². The number of ether oxygens (including phenoxy) is 1. The molecular formula is C19H14O4. The molecule has 4 rings (SSSR count). The largest absolute Gasteiger partial charge is 0.464 e. The van der Waals surface area contributed by atoms with Gasteiger partial charge < -0.3 is 9.15 Å². The monoisotopic (exact) mass is 306 g/mol. The summed E-state index contributed by atoms with van der Waals surface area (Å²) in [5.74, 6) is -0.109. The molecule has 1 aliphatic heterocycles. The molecule has 0 spiro atoms. The smallest absolute Gasteiger partial charge is 0.198 e. The van der Waals surface area contributed by atoms with Crippen molar-refractivity contribution in [2.45, 2.75) is 19.1 Å². The molecule has 0 aliphatic carbocycles. The van der Waals surface area contributed by atoms with Crippen molar-refractivity contribution >= 4 is 16.8 Å². The molecule has 4 nitrogen and oxygen atoms in total. The number of Topliss-reactive ketones (excluding diaryl/α,β-unsaturated/α-hetero) is 1. The zero-order valence-electron chi connectivity index (χ0n) is 12.5. The predicted octanol–water partition coefficient (Wildman–Crippen LogP) is 3.42. The molecule has 0 radical (unpaired) electrons. The average molecular weight is 306 g/mol. The molecule has 0 unspecified atom stereocenters. The first-order chi connectivity index (χ1) is 11.1. The third kappa shape index (κ3) is 2.37. The van der Waals surface area contributed by atoms with E-state index in [0.29, 0.717) is 22.1 Å². The second-order valence-corrected chi connectivity index (χ2v) is 5.72. The molecule has 0 saturated carbocycles. The molecule has 1 fully saturated rings. The molecule has 0 N–H and O–H groups in total. The van der Waals surface area contributed by atoms with E-state index >= 15 is 0 Å². The fourth-order valence-electron chi connectivity index (χ4n) is 2.72. The van der Waals surface area contributed by atoms with Crippen molar-refractivity contribution in [1.82, 2.24) is 0 Å². The van der Waals surface area contributed by atoms with Crippen LogP contribution < -0.4 is 5.43 Å². The second kappa shape index (κ2) is 5.18. The Kier molecular flexibility index (Phi) is 3.13. The van der Waals surface area contributed by atoms with Gasteiger partial charge in [-0.15, -0.1) is 0 Å². The lowest BCUT2D eigenvalue weighted by Gasteiger charge is -2.00. The van der Waals surface area contributed by atoms with Crippen LogP contribution in [0.15, 0.2) is 64.0 Å². The van der Waals surface area contributed by atoms with Crippen LogP contribution in [0.25, 0.3) is 11.0 Å². The summed E-state index contributed by atoms with van der Waals surface area (Å²) in [5, 5.41) is 0.502. The van der Waals surface area contributed by atoms with E-state index in [1.54, 1.807) is 30.3 Å². The van der Waals surface area contributed by atoms with Crippen molar-refractivity contribution in [1.29, 1.82) is 0 Å². The Morgan fingerprint density at radius 3 is 2.57 bits per heavy atom. The number of epoxide rings is 1. The van der Waals surface area contributed by atoms with Crippen LogP contribution >= 0.6 is 0 Å². The zero-order chi connectivity index (χ0) is 16.0. The summed E-state index contributed by atoms with van der Waals surface area (Å²) in [6.07, 6.45) is 0.268. The van der Waals surface area contributed by atoms with Crippen molar-refractivity contribution in [3.05, 3.63) is 81.7 Å². The first-order valence-corrected chi connectivity index (χ1v) is 7.42. The maximum Gasteiger partial charge on any atom is 0.198 e. The van der Waals surface area contributed by atoms with Gasteiger partial charge >= 0.3 is 0 Å². The van der Waals surface area contributed by atoms with Crippen molar-refractivity contribution in [2.24, 2.45) is 0 Å². The highest BCUT2D eigenvalue weighted by Crippen LogP contribution is 2.39. The van der Waals surface area contributed by atoms with Gasteiger partial charge in [-0.2, -0.15) is 0 Å². The minimum absolute atomic E-state index is 0.109. The topological polar surface area (TPSA) is 59.8 Å². The standard InChI is InChI=1S/C19H14O4/c1-11-6-8-12(9-7-11)16(20)19-18(23-19)14-10-22-15-5-3-2-4-13(15)17(14)21/h2-10,18-19H,1H3/t18-,19+/m1/s1. The molecule has 0 bridgehead atoms. The van der Waals surface area contributed by atoms with Crippen LogP contribution in [0.4, 0.5) is 0 Å². The lowest BCUT2D eigenvalue weighted by molar-refractivity contribution is 0.0953. The Labute approximate surface area is 132 Å². The van der Waals surface area contributed by atoms with Gasteiger partial charge in [-0.3, -0.25) is 9.59 Å². The Bertz CT molecular complexity index is 953. The average Bonchev–Trinajstić information content (AvgIpc) is 3.36. The third-order valence-electron chi connectivity index (χ3n) is 4.10. The number of hydrogen-bond acceptors (Lipinski definition) is 4. The molecule has 3 aromatic rings. The molecule has 23 heavy (non-hydrogen) atoms. The molecule has 1 aromatic heterocycles. The number of carbonyl (C=O) groups is 1. The minimum atomic E-state index is -0.609. The first-order valence-electron chi connectivity index (χ1n) is 7.42. The molecule has 1 saturated heterocycles. The summed E-state index contributed by atoms with van der Waals surface area (Å²) in [5.41, 5.74) is 2.46. The number of hydrogen-bond donors (Lipinski definition) is 0. The highest BCUT2D eigenvalue weighted by atomic mass is 16.6. The van der Waals surface area contributed by atoms with Crippen LogP contribution in [-0.4, -0.2) is 11.9 Å². The maximum atomic E-state index is 12.5. The number of ketones is 1. The number of para-hydroxylation sites is 1. The summed E-state index contributed by atoms with van der Waals surface area (Å²) in [7, 11) is 0. The normalized spacial score (nSPS) is 19.7. The van der Waals surface area contributed by atoms with Gasteiger partial charge in [0.05, 0.1) is 10.9 Å². The molecule has 2 aromatic carbocycles. The highest BCUT2D eigenvalue weighted by molar-refractivity contribution is 6.01. The molecule has 4 heteroatoms.